The predicted octanol–water partition coefficient (Wildman–Crippen LogP) is 5.11. The summed E-state index contributed by atoms with van der Waals surface area (Å²) in [6, 6.07) is 3.68. The number of methoxy groups -OCH3 is 1. The van der Waals surface area contributed by atoms with Crippen molar-refractivity contribution in [3.05, 3.63) is 23.8 Å². The standard InChI is InChI=1S/C12H9ClF7NO/c1-6-5-7(22-2)3-4-8(6)21-9(13)10(14,15)11(16,17)12(18,19)20/h3-5H,1-2H3. The van der Waals surface area contributed by atoms with E-state index in [0.29, 0.717) is 5.75 Å². The molecule has 0 atom stereocenters. The molecule has 1 rings (SSSR count). The average Bonchev–Trinajstić information content (AvgIpc) is 2.39. The second-order valence-corrected chi connectivity index (χ2v) is 4.56. The first-order valence-corrected chi connectivity index (χ1v) is 5.94. The monoisotopic (exact) mass is 351 g/mol. The Morgan fingerprint density at radius 2 is 1.64 bits per heavy atom. The van der Waals surface area contributed by atoms with E-state index in [1.165, 1.54) is 26.2 Å². The van der Waals surface area contributed by atoms with Crippen molar-refractivity contribution < 1.29 is 35.5 Å². The lowest BCUT2D eigenvalue weighted by atomic mass is 10.1. The van der Waals surface area contributed by atoms with Crippen molar-refractivity contribution in [2.24, 2.45) is 4.99 Å². The Balaban J connectivity index is 3.26. The second kappa shape index (κ2) is 5.94. The third-order valence-electron chi connectivity index (χ3n) is 2.63. The number of aryl methyl sites for hydroxylation is 1. The van der Waals surface area contributed by atoms with Gasteiger partial charge in [-0.15, -0.1) is 0 Å². The van der Waals surface area contributed by atoms with Gasteiger partial charge in [-0.3, -0.25) is 0 Å². The van der Waals surface area contributed by atoms with Crippen molar-refractivity contribution in [1.29, 1.82) is 0 Å². The van der Waals surface area contributed by atoms with Crippen LogP contribution in [0, 0.1) is 6.92 Å². The summed E-state index contributed by atoms with van der Waals surface area (Å²) in [7, 11) is 1.32. The van der Waals surface area contributed by atoms with Gasteiger partial charge in [0, 0.05) is 0 Å². The fraction of sp³-hybridized carbons (Fsp3) is 0.417. The van der Waals surface area contributed by atoms with E-state index in [4.69, 9.17) is 16.3 Å². The van der Waals surface area contributed by atoms with Crippen LogP contribution in [0.3, 0.4) is 0 Å². The molecule has 0 amide bonds. The SMILES string of the molecule is COc1ccc(N=C(Cl)C(F)(F)C(F)(F)C(F)(F)F)c(C)c1. The molecule has 0 fully saturated rings. The minimum absolute atomic E-state index is 0.198. The zero-order chi connectivity index (χ0) is 17.3. The van der Waals surface area contributed by atoms with Crippen LogP contribution < -0.4 is 4.74 Å². The van der Waals surface area contributed by atoms with Crippen molar-refractivity contribution in [2.45, 2.75) is 24.9 Å². The average molecular weight is 352 g/mol. The number of hydrogen-bond acceptors (Lipinski definition) is 2. The minimum atomic E-state index is -6.47. The summed E-state index contributed by atoms with van der Waals surface area (Å²) in [4.78, 5) is 2.98. The van der Waals surface area contributed by atoms with Gasteiger partial charge in [-0.1, -0.05) is 11.6 Å². The first-order valence-electron chi connectivity index (χ1n) is 5.56. The van der Waals surface area contributed by atoms with Gasteiger partial charge in [0.15, 0.2) is 5.17 Å². The Kier molecular flexibility index (Phi) is 5.01. The van der Waals surface area contributed by atoms with Crippen LogP contribution in [0.1, 0.15) is 5.56 Å². The molecule has 0 aromatic heterocycles. The van der Waals surface area contributed by atoms with Gasteiger partial charge < -0.3 is 4.74 Å². The summed E-state index contributed by atoms with van der Waals surface area (Å²) in [6.45, 7) is 1.37. The van der Waals surface area contributed by atoms with Crippen LogP contribution in [-0.4, -0.2) is 30.3 Å². The van der Waals surface area contributed by atoms with Crippen LogP contribution >= 0.6 is 11.6 Å². The molecule has 0 bridgehead atoms. The van der Waals surface area contributed by atoms with Crippen LogP contribution in [0.4, 0.5) is 36.4 Å². The zero-order valence-electron chi connectivity index (χ0n) is 11.1. The van der Waals surface area contributed by atoms with Crippen molar-refractivity contribution >= 4 is 22.5 Å². The molecule has 0 heterocycles. The van der Waals surface area contributed by atoms with E-state index in [1.807, 2.05) is 0 Å². The summed E-state index contributed by atoms with van der Waals surface area (Å²) in [5.74, 6) is -11.7. The molecule has 0 aliphatic heterocycles. The van der Waals surface area contributed by atoms with Crippen molar-refractivity contribution in [1.82, 2.24) is 0 Å². The van der Waals surface area contributed by atoms with Gasteiger partial charge in [0.1, 0.15) is 5.75 Å². The van der Waals surface area contributed by atoms with Crippen LogP contribution in [0.25, 0.3) is 0 Å². The lowest BCUT2D eigenvalue weighted by molar-refractivity contribution is -0.335. The van der Waals surface area contributed by atoms with Crippen molar-refractivity contribution in [2.75, 3.05) is 7.11 Å². The van der Waals surface area contributed by atoms with Gasteiger partial charge in [0.25, 0.3) is 0 Å². The molecule has 0 N–H and O–H groups in total. The highest BCUT2D eigenvalue weighted by Crippen LogP contribution is 2.48. The highest BCUT2D eigenvalue weighted by Gasteiger charge is 2.75. The summed E-state index contributed by atoms with van der Waals surface area (Å²) in [5, 5.41) is -2.16. The minimum Gasteiger partial charge on any atom is -0.497 e. The van der Waals surface area contributed by atoms with Crippen LogP contribution in [-0.2, 0) is 0 Å². The molecular formula is C12H9ClF7NO. The Morgan fingerprint density at radius 1 is 1.09 bits per heavy atom. The number of ether oxygens (including phenoxy) is 1. The molecule has 1 aromatic carbocycles. The Bertz CT molecular complexity index is 583. The van der Waals surface area contributed by atoms with E-state index in [-0.39, 0.29) is 11.3 Å². The number of aliphatic imine (C=N–C) groups is 1. The molecule has 0 aliphatic rings. The molecule has 22 heavy (non-hydrogen) atoms. The maximum Gasteiger partial charge on any atom is 0.460 e. The van der Waals surface area contributed by atoms with Crippen molar-refractivity contribution in [3.8, 4) is 5.75 Å². The van der Waals surface area contributed by atoms with Gasteiger partial charge in [0.05, 0.1) is 12.8 Å². The number of hydrogen-bond donors (Lipinski definition) is 0. The molecule has 124 valence electrons. The fourth-order valence-electron chi connectivity index (χ4n) is 1.36. The zero-order valence-corrected chi connectivity index (χ0v) is 11.9. The third-order valence-corrected chi connectivity index (χ3v) is 2.95. The van der Waals surface area contributed by atoms with Crippen molar-refractivity contribution in [3.63, 3.8) is 0 Å². The summed E-state index contributed by atoms with van der Waals surface area (Å²) >= 11 is 4.93. The van der Waals surface area contributed by atoms with E-state index in [0.717, 1.165) is 6.07 Å². The van der Waals surface area contributed by atoms with E-state index in [1.54, 1.807) is 0 Å². The molecule has 10 heteroatoms. The second-order valence-electron chi connectivity index (χ2n) is 4.20. The number of alkyl halides is 7. The normalized spacial score (nSPS) is 14.2. The molecule has 0 saturated heterocycles. The highest BCUT2D eigenvalue weighted by atomic mass is 35.5. The lowest BCUT2D eigenvalue weighted by Crippen LogP contribution is -2.54. The number of halogens is 8. The number of nitrogens with zero attached hydrogens (tertiary/aromatic N) is 1. The first kappa shape index (κ1) is 18.5. The molecular weight excluding hydrogens is 343 g/mol. The summed E-state index contributed by atoms with van der Waals surface area (Å²) < 4.78 is 93.2. The van der Waals surface area contributed by atoms with E-state index < -0.39 is 23.2 Å². The first-order chi connectivity index (χ1) is 9.84. The fourth-order valence-corrected chi connectivity index (χ4v) is 1.57. The summed E-state index contributed by atoms with van der Waals surface area (Å²) in [5.41, 5.74) is -0.0907. The topological polar surface area (TPSA) is 21.6 Å². The molecule has 0 spiro atoms. The molecule has 0 radical (unpaired) electrons. The molecule has 0 unspecified atom stereocenters. The number of benzene rings is 1. The largest absolute Gasteiger partial charge is 0.497 e. The van der Waals surface area contributed by atoms with Crippen LogP contribution in [0.15, 0.2) is 23.2 Å². The number of rotatable bonds is 4. The van der Waals surface area contributed by atoms with Crippen LogP contribution in [0.2, 0.25) is 0 Å². The predicted molar refractivity (Wildman–Crippen MR) is 66.6 cm³/mol. The van der Waals surface area contributed by atoms with Gasteiger partial charge in [-0.25, -0.2) is 4.99 Å². The van der Waals surface area contributed by atoms with Gasteiger partial charge in [-0.05, 0) is 30.7 Å². The Morgan fingerprint density at radius 3 is 2.05 bits per heavy atom. The summed E-state index contributed by atoms with van der Waals surface area (Å²) in [6.07, 6.45) is -6.47. The van der Waals surface area contributed by atoms with Gasteiger partial charge in [0.2, 0.25) is 0 Å². The lowest BCUT2D eigenvalue weighted by Gasteiger charge is -2.27. The quantitative estimate of drug-likeness (QED) is 0.546. The maximum atomic E-state index is 13.3. The highest BCUT2D eigenvalue weighted by molar-refractivity contribution is 6.67. The van der Waals surface area contributed by atoms with Crippen LogP contribution in [0.5, 0.6) is 5.75 Å². The van der Waals surface area contributed by atoms with E-state index in [9.17, 15) is 30.7 Å². The van der Waals surface area contributed by atoms with E-state index >= 15 is 0 Å². The Labute approximate surface area is 125 Å². The molecule has 1 aromatic rings. The molecule has 0 aliphatic carbocycles. The third kappa shape index (κ3) is 3.29. The molecule has 2 nitrogen and oxygen atoms in total. The van der Waals surface area contributed by atoms with E-state index in [2.05, 4.69) is 4.99 Å². The maximum absolute atomic E-state index is 13.3. The smallest absolute Gasteiger partial charge is 0.460 e. The van der Waals surface area contributed by atoms with Gasteiger partial charge >= 0.3 is 18.0 Å². The Hall–Kier alpha value is -1.51. The van der Waals surface area contributed by atoms with Gasteiger partial charge in [-0.2, -0.15) is 30.7 Å². The molecule has 0 saturated carbocycles.